The monoisotopic (exact) mass is 318 g/mol. The number of hydrogen-bond donors (Lipinski definition) is 2. The van der Waals surface area contributed by atoms with E-state index < -0.39 is 10.8 Å². The molecule has 114 valence electrons. The highest BCUT2D eigenvalue weighted by Crippen LogP contribution is 2.21. The average Bonchev–Trinajstić information content (AvgIpc) is 2.55. The van der Waals surface area contributed by atoms with Crippen LogP contribution in [-0.4, -0.2) is 21.4 Å². The third-order valence-corrected chi connectivity index (χ3v) is 5.23. The van der Waals surface area contributed by atoms with E-state index in [1.165, 1.54) is 18.3 Å². The van der Waals surface area contributed by atoms with E-state index in [-0.39, 0.29) is 34.5 Å². The third kappa shape index (κ3) is 3.01. The second-order valence-electron chi connectivity index (χ2n) is 5.04. The third-order valence-electron chi connectivity index (χ3n) is 3.55. The van der Waals surface area contributed by atoms with Crippen molar-refractivity contribution in [3.8, 4) is 0 Å². The Bertz CT molecular complexity index is 695. The van der Waals surface area contributed by atoms with Gasteiger partial charge in [-0.1, -0.05) is 36.4 Å². The summed E-state index contributed by atoms with van der Waals surface area (Å²) in [6.07, 6.45) is 9.00. The van der Waals surface area contributed by atoms with E-state index in [4.69, 9.17) is 0 Å². The Morgan fingerprint density at radius 1 is 1.23 bits per heavy atom. The summed E-state index contributed by atoms with van der Waals surface area (Å²) in [5.74, 6) is -0.699. The summed E-state index contributed by atoms with van der Waals surface area (Å²) < 4.78 is 25.3. The Morgan fingerprint density at radius 2 is 1.95 bits per heavy atom. The molecule has 0 spiro atoms. The van der Waals surface area contributed by atoms with Gasteiger partial charge in [-0.3, -0.25) is 9.00 Å². The fourth-order valence-corrected chi connectivity index (χ4v) is 3.75. The van der Waals surface area contributed by atoms with Crippen LogP contribution in [0.1, 0.15) is 5.56 Å². The predicted octanol–water partition coefficient (Wildman–Crippen LogP) is 1.50. The molecular formula is C16H15FN2O2S. The van der Waals surface area contributed by atoms with Gasteiger partial charge in [0, 0.05) is 12.7 Å². The predicted molar refractivity (Wildman–Crippen MR) is 83.5 cm³/mol. The Labute approximate surface area is 130 Å². The molecule has 4 nitrogen and oxygen atoms in total. The maximum atomic E-state index is 12.8. The quantitative estimate of drug-likeness (QED) is 0.888. The molecule has 2 aliphatic rings. The number of allylic oxidation sites excluding steroid dienone is 2. The zero-order chi connectivity index (χ0) is 15.5. The van der Waals surface area contributed by atoms with Gasteiger partial charge in [-0.2, -0.15) is 0 Å². The number of carbonyl (C=O) groups excluding carboxylic acids is 1. The largest absolute Gasteiger partial charge is 0.382 e. The molecule has 0 bridgehead atoms. The van der Waals surface area contributed by atoms with Crippen LogP contribution in [0.3, 0.4) is 0 Å². The van der Waals surface area contributed by atoms with Gasteiger partial charge in [0.2, 0.25) is 0 Å². The van der Waals surface area contributed by atoms with Crippen molar-refractivity contribution in [2.45, 2.75) is 17.8 Å². The Hall–Kier alpha value is -2.21. The van der Waals surface area contributed by atoms with Crippen molar-refractivity contribution in [2.24, 2.45) is 0 Å². The Balaban J connectivity index is 1.66. The minimum absolute atomic E-state index is 0.0421. The summed E-state index contributed by atoms with van der Waals surface area (Å²) in [6.45, 7) is 0.261. The van der Waals surface area contributed by atoms with Gasteiger partial charge >= 0.3 is 0 Å². The lowest BCUT2D eigenvalue weighted by Crippen LogP contribution is -2.45. The molecule has 1 aromatic rings. The normalized spacial score (nSPS) is 25.9. The van der Waals surface area contributed by atoms with Gasteiger partial charge in [0.1, 0.15) is 10.7 Å². The Kier molecular flexibility index (Phi) is 4.20. The van der Waals surface area contributed by atoms with Crippen LogP contribution >= 0.6 is 0 Å². The van der Waals surface area contributed by atoms with Crippen molar-refractivity contribution in [1.29, 1.82) is 0 Å². The lowest BCUT2D eigenvalue weighted by atomic mass is 10.1. The lowest BCUT2D eigenvalue weighted by molar-refractivity contribution is -0.117. The molecule has 1 heterocycles. The van der Waals surface area contributed by atoms with Crippen LogP contribution < -0.4 is 10.6 Å². The molecule has 1 amide bonds. The number of halogens is 1. The molecule has 1 aromatic carbocycles. The van der Waals surface area contributed by atoms with Gasteiger partial charge in [-0.25, -0.2) is 4.39 Å². The first kappa shape index (κ1) is 14.7. The number of carbonyl (C=O) groups is 1. The highest BCUT2D eigenvalue weighted by molar-refractivity contribution is 7.91. The molecule has 6 heteroatoms. The van der Waals surface area contributed by atoms with Crippen molar-refractivity contribution < 1.29 is 13.4 Å². The van der Waals surface area contributed by atoms with Gasteiger partial charge in [0.05, 0.1) is 22.1 Å². The van der Waals surface area contributed by atoms with Crippen molar-refractivity contribution >= 4 is 16.7 Å². The van der Waals surface area contributed by atoms with Crippen LogP contribution in [0.25, 0.3) is 0 Å². The van der Waals surface area contributed by atoms with Gasteiger partial charge in [0.15, 0.2) is 0 Å². The van der Waals surface area contributed by atoms with Gasteiger partial charge in [-0.05, 0) is 17.7 Å². The zero-order valence-electron chi connectivity index (χ0n) is 11.7. The zero-order valence-corrected chi connectivity index (χ0v) is 12.5. The van der Waals surface area contributed by atoms with Crippen LogP contribution in [-0.2, 0) is 22.1 Å². The molecule has 1 aliphatic carbocycles. The summed E-state index contributed by atoms with van der Waals surface area (Å²) in [4.78, 5) is 12.4. The molecule has 0 fully saturated rings. The SMILES string of the molecule is O=C(NCc1ccc(F)cc1)C1=CNC2C=CC=CC2S1=O. The smallest absolute Gasteiger partial charge is 0.262 e. The molecule has 0 saturated heterocycles. The molecule has 22 heavy (non-hydrogen) atoms. The molecule has 3 unspecified atom stereocenters. The van der Waals surface area contributed by atoms with E-state index in [0.717, 1.165) is 5.56 Å². The number of fused-ring (bicyclic) bond motifs is 1. The summed E-state index contributed by atoms with van der Waals surface area (Å²) >= 11 is 0. The molecule has 2 N–H and O–H groups in total. The topological polar surface area (TPSA) is 58.2 Å². The van der Waals surface area contributed by atoms with E-state index in [2.05, 4.69) is 10.6 Å². The molecule has 0 radical (unpaired) electrons. The maximum Gasteiger partial charge on any atom is 0.262 e. The molecule has 0 aromatic heterocycles. The van der Waals surface area contributed by atoms with E-state index in [9.17, 15) is 13.4 Å². The van der Waals surface area contributed by atoms with Crippen molar-refractivity contribution in [2.75, 3.05) is 0 Å². The lowest BCUT2D eigenvalue weighted by Gasteiger charge is -2.29. The number of benzene rings is 1. The molecule has 3 rings (SSSR count). The van der Waals surface area contributed by atoms with Crippen LogP contribution in [0.5, 0.6) is 0 Å². The number of amides is 1. The number of nitrogens with one attached hydrogen (secondary N) is 2. The van der Waals surface area contributed by atoms with E-state index in [1.807, 2.05) is 24.3 Å². The van der Waals surface area contributed by atoms with Crippen LogP contribution in [0.15, 0.2) is 59.7 Å². The summed E-state index contributed by atoms with van der Waals surface area (Å²) in [5, 5.41) is 5.56. The standard InChI is InChI=1S/C16H15FN2O2S/c17-12-7-5-11(6-8-12)9-19-16(20)15-10-18-13-3-1-2-4-14(13)22(15)21/h1-8,10,13-14,18H,9H2,(H,19,20). The molecule has 1 aliphatic heterocycles. The van der Waals surface area contributed by atoms with E-state index in [1.54, 1.807) is 12.1 Å². The average molecular weight is 318 g/mol. The fourth-order valence-electron chi connectivity index (χ4n) is 2.35. The highest BCUT2D eigenvalue weighted by atomic mass is 32.2. The fraction of sp³-hybridized carbons (Fsp3) is 0.188. The van der Waals surface area contributed by atoms with Crippen LogP contribution in [0.2, 0.25) is 0 Å². The highest BCUT2D eigenvalue weighted by Gasteiger charge is 2.33. The van der Waals surface area contributed by atoms with Gasteiger partial charge in [0.25, 0.3) is 5.91 Å². The summed E-state index contributed by atoms with van der Waals surface area (Å²) in [5.41, 5.74) is 0.781. The number of rotatable bonds is 3. The first-order valence-electron chi connectivity index (χ1n) is 6.89. The van der Waals surface area contributed by atoms with E-state index >= 15 is 0 Å². The van der Waals surface area contributed by atoms with Crippen LogP contribution in [0.4, 0.5) is 4.39 Å². The van der Waals surface area contributed by atoms with Crippen molar-refractivity contribution in [1.82, 2.24) is 10.6 Å². The Morgan fingerprint density at radius 3 is 2.73 bits per heavy atom. The first-order valence-corrected chi connectivity index (χ1v) is 8.11. The van der Waals surface area contributed by atoms with Crippen molar-refractivity contribution in [3.05, 3.63) is 71.1 Å². The summed E-state index contributed by atoms with van der Waals surface area (Å²) in [7, 11) is -1.40. The minimum atomic E-state index is -1.40. The molecule has 0 saturated carbocycles. The van der Waals surface area contributed by atoms with Gasteiger partial charge in [-0.15, -0.1) is 0 Å². The second-order valence-corrected chi connectivity index (χ2v) is 6.62. The summed E-state index contributed by atoms with van der Waals surface area (Å²) in [6, 6.07) is 5.84. The molecular weight excluding hydrogens is 303 g/mol. The van der Waals surface area contributed by atoms with Crippen molar-refractivity contribution in [3.63, 3.8) is 0 Å². The van der Waals surface area contributed by atoms with Gasteiger partial charge < -0.3 is 10.6 Å². The maximum absolute atomic E-state index is 12.8. The molecule has 3 atom stereocenters. The minimum Gasteiger partial charge on any atom is -0.382 e. The van der Waals surface area contributed by atoms with E-state index in [0.29, 0.717) is 0 Å². The second kappa shape index (κ2) is 6.27. The number of hydrogen-bond acceptors (Lipinski definition) is 3. The van der Waals surface area contributed by atoms with Crippen LogP contribution in [0, 0.1) is 5.82 Å². The first-order chi connectivity index (χ1) is 10.6.